The molecule has 1 saturated heterocycles. The minimum absolute atomic E-state index is 0.204. The molecule has 0 radical (unpaired) electrons. The second-order valence-corrected chi connectivity index (χ2v) is 7.57. The predicted octanol–water partition coefficient (Wildman–Crippen LogP) is 2.81. The topological polar surface area (TPSA) is 68.7 Å². The summed E-state index contributed by atoms with van der Waals surface area (Å²) in [7, 11) is 1.76. The van der Waals surface area contributed by atoms with Crippen LogP contribution in [-0.4, -0.2) is 49.2 Å². The van der Waals surface area contributed by atoms with Gasteiger partial charge in [-0.25, -0.2) is 9.37 Å². The van der Waals surface area contributed by atoms with Gasteiger partial charge in [0.15, 0.2) is 5.96 Å². The fourth-order valence-electron chi connectivity index (χ4n) is 3.67. The quantitative estimate of drug-likeness (QED) is 0.460. The van der Waals surface area contributed by atoms with Crippen molar-refractivity contribution in [3.63, 3.8) is 0 Å². The number of benzene rings is 1. The standard InChI is InChI=1S/C24H28FN7/c1-26-24(30-18-21-4-2-3-10-27-21)29-17-19-9-11-28-23(16-19)32-14-12-31(13-15-32)22-7-5-20(25)6-8-22/h2-11,16H,12-15,17-18H2,1H3,(H2,26,29,30). The zero-order valence-electron chi connectivity index (χ0n) is 18.2. The zero-order chi connectivity index (χ0) is 22.2. The number of hydrogen-bond donors (Lipinski definition) is 2. The predicted molar refractivity (Wildman–Crippen MR) is 126 cm³/mol. The van der Waals surface area contributed by atoms with Gasteiger partial charge in [-0.2, -0.15) is 0 Å². The van der Waals surface area contributed by atoms with Crippen LogP contribution in [0.15, 0.2) is 72.0 Å². The van der Waals surface area contributed by atoms with E-state index in [0.717, 1.165) is 54.9 Å². The maximum atomic E-state index is 13.2. The molecule has 1 aliphatic rings. The van der Waals surface area contributed by atoms with E-state index in [0.29, 0.717) is 13.1 Å². The molecule has 0 spiro atoms. The van der Waals surface area contributed by atoms with E-state index in [1.54, 1.807) is 13.2 Å². The van der Waals surface area contributed by atoms with Gasteiger partial charge >= 0.3 is 0 Å². The Kier molecular flexibility index (Phi) is 7.12. The van der Waals surface area contributed by atoms with Crippen molar-refractivity contribution in [3.8, 4) is 0 Å². The SMILES string of the molecule is CN=C(NCc1ccnc(N2CCN(c3ccc(F)cc3)CC2)c1)NCc1ccccn1. The first kappa shape index (κ1) is 21.5. The van der Waals surface area contributed by atoms with Gasteiger partial charge in [0.1, 0.15) is 11.6 Å². The molecule has 4 rings (SSSR count). The van der Waals surface area contributed by atoms with Gasteiger partial charge in [-0.3, -0.25) is 9.98 Å². The molecule has 0 unspecified atom stereocenters. The van der Waals surface area contributed by atoms with Crippen LogP contribution in [0, 0.1) is 5.82 Å². The van der Waals surface area contributed by atoms with Gasteiger partial charge in [-0.1, -0.05) is 6.07 Å². The first-order valence-corrected chi connectivity index (χ1v) is 10.8. The number of rotatable bonds is 6. The van der Waals surface area contributed by atoms with E-state index in [9.17, 15) is 4.39 Å². The Bertz CT molecular complexity index is 1020. The fourth-order valence-corrected chi connectivity index (χ4v) is 3.67. The Hall–Kier alpha value is -3.68. The van der Waals surface area contributed by atoms with Crippen molar-refractivity contribution in [2.45, 2.75) is 13.1 Å². The number of hydrogen-bond acceptors (Lipinski definition) is 5. The molecule has 2 N–H and O–H groups in total. The number of guanidine groups is 1. The van der Waals surface area contributed by atoms with Crippen molar-refractivity contribution in [3.05, 3.63) is 84.1 Å². The third-order valence-electron chi connectivity index (χ3n) is 5.45. The minimum atomic E-state index is -0.204. The van der Waals surface area contributed by atoms with E-state index in [1.165, 1.54) is 12.1 Å². The van der Waals surface area contributed by atoms with Crippen LogP contribution in [0.5, 0.6) is 0 Å². The molecule has 3 heterocycles. The lowest BCUT2D eigenvalue weighted by molar-refractivity contribution is 0.624. The molecule has 8 heteroatoms. The van der Waals surface area contributed by atoms with Crippen molar-refractivity contribution in [1.29, 1.82) is 0 Å². The number of halogens is 1. The first-order valence-electron chi connectivity index (χ1n) is 10.8. The van der Waals surface area contributed by atoms with Gasteiger partial charge in [-0.05, 0) is 54.1 Å². The molecule has 1 aliphatic heterocycles. The van der Waals surface area contributed by atoms with E-state index >= 15 is 0 Å². The highest BCUT2D eigenvalue weighted by atomic mass is 19.1. The largest absolute Gasteiger partial charge is 0.368 e. The summed E-state index contributed by atoms with van der Waals surface area (Å²) in [5.74, 6) is 1.49. The number of nitrogens with one attached hydrogen (secondary N) is 2. The van der Waals surface area contributed by atoms with Gasteiger partial charge in [-0.15, -0.1) is 0 Å². The number of piperazine rings is 1. The first-order chi connectivity index (χ1) is 15.7. The highest BCUT2D eigenvalue weighted by Gasteiger charge is 2.18. The Balaban J connectivity index is 1.29. The molecule has 7 nitrogen and oxygen atoms in total. The lowest BCUT2D eigenvalue weighted by Gasteiger charge is -2.36. The third-order valence-corrected chi connectivity index (χ3v) is 5.45. The van der Waals surface area contributed by atoms with Crippen LogP contribution in [0.1, 0.15) is 11.3 Å². The number of aliphatic imine (C=N–C) groups is 1. The van der Waals surface area contributed by atoms with E-state index < -0.39 is 0 Å². The average Bonchev–Trinajstić information content (AvgIpc) is 2.85. The molecule has 0 saturated carbocycles. The van der Waals surface area contributed by atoms with Crippen LogP contribution in [0.2, 0.25) is 0 Å². The molecule has 166 valence electrons. The van der Waals surface area contributed by atoms with Gasteiger partial charge in [0.05, 0.1) is 12.2 Å². The zero-order valence-corrected chi connectivity index (χ0v) is 18.2. The lowest BCUT2D eigenvalue weighted by Crippen LogP contribution is -2.46. The summed E-state index contributed by atoms with van der Waals surface area (Å²) in [5.41, 5.74) is 3.15. The van der Waals surface area contributed by atoms with Crippen LogP contribution in [0.4, 0.5) is 15.9 Å². The van der Waals surface area contributed by atoms with Crippen LogP contribution < -0.4 is 20.4 Å². The van der Waals surface area contributed by atoms with Crippen molar-refractivity contribution >= 4 is 17.5 Å². The molecular weight excluding hydrogens is 405 g/mol. The second-order valence-electron chi connectivity index (χ2n) is 7.57. The monoisotopic (exact) mass is 433 g/mol. The lowest BCUT2D eigenvalue weighted by atomic mass is 10.2. The summed E-state index contributed by atoms with van der Waals surface area (Å²) in [4.78, 5) is 17.7. The summed E-state index contributed by atoms with van der Waals surface area (Å²) in [6.07, 6.45) is 3.63. The summed E-state index contributed by atoms with van der Waals surface area (Å²) < 4.78 is 13.2. The summed E-state index contributed by atoms with van der Waals surface area (Å²) in [5, 5.41) is 6.62. The number of pyridine rings is 2. The minimum Gasteiger partial charge on any atom is -0.368 e. The molecule has 0 atom stereocenters. The van der Waals surface area contributed by atoms with E-state index in [-0.39, 0.29) is 5.82 Å². The normalized spacial score (nSPS) is 14.4. The molecule has 1 fully saturated rings. The van der Waals surface area contributed by atoms with Crippen LogP contribution in [0.3, 0.4) is 0 Å². The molecule has 32 heavy (non-hydrogen) atoms. The van der Waals surface area contributed by atoms with Crippen molar-refractivity contribution in [2.24, 2.45) is 4.99 Å². The van der Waals surface area contributed by atoms with Crippen LogP contribution >= 0.6 is 0 Å². The van der Waals surface area contributed by atoms with E-state index in [1.807, 2.05) is 42.6 Å². The second kappa shape index (κ2) is 10.6. The van der Waals surface area contributed by atoms with Crippen molar-refractivity contribution in [1.82, 2.24) is 20.6 Å². The van der Waals surface area contributed by atoms with Crippen LogP contribution in [0.25, 0.3) is 0 Å². The number of anilines is 2. The Morgan fingerprint density at radius 3 is 2.38 bits per heavy atom. The van der Waals surface area contributed by atoms with E-state index in [4.69, 9.17) is 0 Å². The van der Waals surface area contributed by atoms with Crippen molar-refractivity contribution in [2.75, 3.05) is 43.0 Å². The molecule has 2 aromatic heterocycles. The average molecular weight is 434 g/mol. The fraction of sp³-hybridized carbons (Fsp3) is 0.292. The molecule has 1 aromatic carbocycles. The molecule has 0 amide bonds. The van der Waals surface area contributed by atoms with Gasteiger partial charge in [0.25, 0.3) is 0 Å². The van der Waals surface area contributed by atoms with Gasteiger partial charge in [0, 0.05) is 57.9 Å². The highest BCUT2D eigenvalue weighted by Crippen LogP contribution is 2.20. The molecular formula is C24H28FN7. The van der Waals surface area contributed by atoms with Gasteiger partial charge in [0.2, 0.25) is 0 Å². The molecule has 0 bridgehead atoms. The molecule has 0 aliphatic carbocycles. The highest BCUT2D eigenvalue weighted by molar-refractivity contribution is 5.79. The maximum absolute atomic E-state index is 13.2. The van der Waals surface area contributed by atoms with Crippen molar-refractivity contribution < 1.29 is 4.39 Å². The van der Waals surface area contributed by atoms with Crippen LogP contribution in [-0.2, 0) is 13.1 Å². The Morgan fingerprint density at radius 2 is 1.66 bits per heavy atom. The Morgan fingerprint density at radius 1 is 0.906 bits per heavy atom. The smallest absolute Gasteiger partial charge is 0.191 e. The summed E-state index contributed by atoms with van der Waals surface area (Å²) in [6, 6.07) is 16.7. The summed E-state index contributed by atoms with van der Waals surface area (Å²) >= 11 is 0. The maximum Gasteiger partial charge on any atom is 0.191 e. The Labute approximate surface area is 188 Å². The number of aromatic nitrogens is 2. The third kappa shape index (κ3) is 5.72. The van der Waals surface area contributed by atoms with Gasteiger partial charge < -0.3 is 20.4 Å². The summed E-state index contributed by atoms with van der Waals surface area (Å²) in [6.45, 7) is 4.75. The van der Waals surface area contributed by atoms with E-state index in [2.05, 4.69) is 41.5 Å². The number of nitrogens with zero attached hydrogens (tertiary/aromatic N) is 5. The molecule has 3 aromatic rings.